The van der Waals surface area contributed by atoms with Crippen molar-refractivity contribution in [2.24, 2.45) is 16.0 Å². The van der Waals surface area contributed by atoms with Crippen LogP contribution in [0.25, 0.3) is 0 Å². The molecule has 5 heteroatoms. The number of hydrogen-bond donors (Lipinski definition) is 1. The van der Waals surface area contributed by atoms with E-state index in [1.54, 1.807) is 0 Å². The molecule has 2 aliphatic heterocycles. The molecule has 21 heavy (non-hydrogen) atoms. The van der Waals surface area contributed by atoms with Crippen LogP contribution in [-0.4, -0.2) is 37.9 Å². The van der Waals surface area contributed by atoms with Crippen molar-refractivity contribution in [2.75, 3.05) is 32.3 Å². The molecular weight excluding hydrogens is 284 g/mol. The van der Waals surface area contributed by atoms with Crippen molar-refractivity contribution in [3.63, 3.8) is 0 Å². The third-order valence-electron chi connectivity index (χ3n) is 4.54. The molecule has 2 N–H and O–H groups in total. The maximum Gasteiger partial charge on any atom is 0.124 e. The highest BCUT2D eigenvalue weighted by atomic mass is 32.2. The van der Waals surface area contributed by atoms with Gasteiger partial charge in [0.05, 0.1) is 12.1 Å². The molecule has 2 atom stereocenters. The third-order valence-corrected chi connectivity index (χ3v) is 5.27. The second-order valence-electron chi connectivity index (χ2n) is 6.06. The minimum Gasteiger partial charge on any atom is -0.493 e. The summed E-state index contributed by atoms with van der Waals surface area (Å²) >= 11 is 0. The van der Waals surface area contributed by atoms with E-state index in [1.165, 1.54) is 0 Å². The number of benzene rings is 1. The first-order valence-electron chi connectivity index (χ1n) is 7.48. The molecular formula is C16H24N2O2S. The fourth-order valence-corrected chi connectivity index (χ4v) is 4.54. The van der Waals surface area contributed by atoms with E-state index in [1.807, 2.05) is 18.2 Å². The minimum atomic E-state index is -0.0994. The fourth-order valence-electron chi connectivity index (χ4n) is 3.49. The zero-order valence-electron chi connectivity index (χ0n) is 12.7. The first kappa shape index (κ1) is 15.0. The monoisotopic (exact) mass is 308 g/mol. The Bertz CT molecular complexity index is 537. The summed E-state index contributed by atoms with van der Waals surface area (Å²) in [5.41, 5.74) is 7.62. The summed E-state index contributed by atoms with van der Waals surface area (Å²) in [6.45, 7) is 2.19. The molecule has 0 radical (unpaired) electrons. The first-order chi connectivity index (χ1) is 10.1. The second-order valence-corrected chi connectivity index (χ2v) is 7.79. The Morgan fingerprint density at radius 1 is 1.24 bits per heavy atom. The van der Waals surface area contributed by atoms with Gasteiger partial charge in [-0.25, -0.2) is 0 Å². The summed E-state index contributed by atoms with van der Waals surface area (Å²) in [7, 11) is 0.0315. The molecule has 0 aromatic heterocycles. The number of fused-ring (bicyclic) bond motifs is 1. The Balaban J connectivity index is 1.96. The van der Waals surface area contributed by atoms with Crippen LogP contribution in [0.5, 0.6) is 5.75 Å². The van der Waals surface area contributed by atoms with Crippen molar-refractivity contribution < 1.29 is 9.47 Å². The maximum atomic E-state index is 6.60. The van der Waals surface area contributed by atoms with E-state index in [0.717, 1.165) is 37.4 Å². The van der Waals surface area contributed by atoms with Crippen LogP contribution in [0.1, 0.15) is 24.4 Å². The standard InChI is InChI=1S/C16H24N2O2S/c1-21(2)18-16(7-9-19-10-8-16)13-11-20-14-6-4-3-5-12(14)15(13)17/h3-6,13,15H,7-11,17H2,1-2H3. The van der Waals surface area contributed by atoms with Crippen LogP contribution in [0.15, 0.2) is 28.6 Å². The van der Waals surface area contributed by atoms with Crippen LogP contribution < -0.4 is 10.5 Å². The fraction of sp³-hybridized carbons (Fsp3) is 0.625. The van der Waals surface area contributed by atoms with E-state index in [0.29, 0.717) is 6.61 Å². The summed E-state index contributed by atoms with van der Waals surface area (Å²) in [6, 6.07) is 8.10. The molecule has 4 nitrogen and oxygen atoms in total. The van der Waals surface area contributed by atoms with Gasteiger partial charge in [-0.3, -0.25) is 4.36 Å². The summed E-state index contributed by atoms with van der Waals surface area (Å²) in [5, 5.41) is 0. The number of nitrogens with zero attached hydrogens (tertiary/aromatic N) is 1. The third kappa shape index (κ3) is 2.87. The molecule has 2 aliphatic rings. The molecule has 1 fully saturated rings. The molecule has 1 aromatic rings. The van der Waals surface area contributed by atoms with E-state index in [-0.39, 0.29) is 28.2 Å². The Morgan fingerprint density at radius 3 is 2.67 bits per heavy atom. The molecule has 2 heterocycles. The molecule has 0 saturated carbocycles. The molecule has 0 aliphatic carbocycles. The van der Waals surface area contributed by atoms with Crippen LogP contribution in [0, 0.1) is 5.92 Å². The van der Waals surface area contributed by atoms with Gasteiger partial charge < -0.3 is 15.2 Å². The lowest BCUT2D eigenvalue weighted by Gasteiger charge is -2.45. The zero-order valence-corrected chi connectivity index (χ0v) is 13.6. The summed E-state index contributed by atoms with van der Waals surface area (Å²) in [6.07, 6.45) is 6.23. The molecule has 116 valence electrons. The van der Waals surface area contributed by atoms with E-state index >= 15 is 0 Å². The normalized spacial score (nSPS) is 27.8. The van der Waals surface area contributed by atoms with Gasteiger partial charge in [-0.15, -0.1) is 10.7 Å². The number of para-hydroxylation sites is 1. The second kappa shape index (κ2) is 6.07. The predicted molar refractivity (Wildman–Crippen MR) is 86.8 cm³/mol. The van der Waals surface area contributed by atoms with E-state index in [4.69, 9.17) is 19.6 Å². The Labute approximate surface area is 129 Å². The van der Waals surface area contributed by atoms with Crippen LogP contribution in [0.3, 0.4) is 0 Å². The molecule has 0 bridgehead atoms. The Kier molecular flexibility index (Phi) is 4.33. The number of ether oxygens (including phenoxy) is 2. The average Bonchev–Trinajstić information content (AvgIpc) is 2.48. The van der Waals surface area contributed by atoms with Crippen LogP contribution in [-0.2, 0) is 15.4 Å². The van der Waals surface area contributed by atoms with Crippen molar-refractivity contribution in [2.45, 2.75) is 24.4 Å². The van der Waals surface area contributed by atoms with Gasteiger partial charge in [-0.2, -0.15) is 0 Å². The summed E-state index contributed by atoms with van der Waals surface area (Å²) in [5.74, 6) is 1.15. The van der Waals surface area contributed by atoms with E-state index in [9.17, 15) is 0 Å². The zero-order chi connectivity index (χ0) is 14.9. The largest absolute Gasteiger partial charge is 0.493 e. The molecule has 2 unspecified atom stereocenters. The highest BCUT2D eigenvalue weighted by molar-refractivity contribution is 7.85. The predicted octanol–water partition coefficient (Wildman–Crippen LogP) is 2.31. The van der Waals surface area contributed by atoms with Crippen molar-refractivity contribution in [3.8, 4) is 5.75 Å². The minimum absolute atomic E-state index is 0.0136. The molecule has 3 rings (SSSR count). The molecule has 0 amide bonds. The van der Waals surface area contributed by atoms with Gasteiger partial charge >= 0.3 is 0 Å². The topological polar surface area (TPSA) is 56.8 Å². The van der Waals surface area contributed by atoms with E-state index < -0.39 is 0 Å². The van der Waals surface area contributed by atoms with Gasteiger partial charge in [0.1, 0.15) is 5.75 Å². The van der Waals surface area contributed by atoms with Crippen LogP contribution in [0.2, 0.25) is 0 Å². The summed E-state index contributed by atoms with van der Waals surface area (Å²) in [4.78, 5) is 0. The number of rotatable bonds is 2. The highest BCUT2D eigenvalue weighted by Crippen LogP contribution is 2.44. The Hall–Kier alpha value is -0.910. The van der Waals surface area contributed by atoms with Gasteiger partial charge in [0, 0.05) is 30.7 Å². The molecule has 1 aromatic carbocycles. The average molecular weight is 308 g/mol. The van der Waals surface area contributed by atoms with Gasteiger partial charge in [0.15, 0.2) is 0 Å². The first-order valence-corrected chi connectivity index (χ1v) is 9.48. The van der Waals surface area contributed by atoms with Gasteiger partial charge in [0.2, 0.25) is 0 Å². The molecule has 0 spiro atoms. The lowest BCUT2D eigenvalue weighted by molar-refractivity contribution is 0.00870. The summed E-state index contributed by atoms with van der Waals surface area (Å²) < 4.78 is 16.7. The highest BCUT2D eigenvalue weighted by Gasteiger charge is 2.46. The lowest BCUT2D eigenvalue weighted by Crippen LogP contribution is -2.50. The smallest absolute Gasteiger partial charge is 0.124 e. The van der Waals surface area contributed by atoms with Gasteiger partial charge in [-0.1, -0.05) is 18.2 Å². The quantitative estimate of drug-likeness (QED) is 0.912. The SMILES string of the molecule is CS(C)=NC1(C2COc3ccccc3C2N)CCOCC1. The van der Waals surface area contributed by atoms with Gasteiger partial charge in [-0.05, 0) is 31.4 Å². The Morgan fingerprint density at radius 2 is 1.95 bits per heavy atom. The van der Waals surface area contributed by atoms with Crippen molar-refractivity contribution in [1.29, 1.82) is 0 Å². The number of nitrogens with two attached hydrogens (primary N) is 1. The van der Waals surface area contributed by atoms with Crippen molar-refractivity contribution >= 4 is 10.7 Å². The lowest BCUT2D eigenvalue weighted by atomic mass is 9.72. The maximum absolute atomic E-state index is 6.60. The van der Waals surface area contributed by atoms with Gasteiger partial charge in [0.25, 0.3) is 0 Å². The molecule has 1 saturated heterocycles. The van der Waals surface area contributed by atoms with Crippen LogP contribution >= 0.6 is 0 Å². The number of hydrogen-bond acceptors (Lipinski definition) is 4. The van der Waals surface area contributed by atoms with Crippen molar-refractivity contribution in [1.82, 2.24) is 0 Å². The van der Waals surface area contributed by atoms with Crippen LogP contribution in [0.4, 0.5) is 0 Å². The van der Waals surface area contributed by atoms with Crippen molar-refractivity contribution in [3.05, 3.63) is 29.8 Å². The van der Waals surface area contributed by atoms with E-state index in [2.05, 4.69) is 18.6 Å².